The summed E-state index contributed by atoms with van der Waals surface area (Å²) in [5.74, 6) is 0.580. The van der Waals surface area contributed by atoms with Gasteiger partial charge >= 0.3 is 0 Å². The van der Waals surface area contributed by atoms with Gasteiger partial charge in [-0.25, -0.2) is 4.98 Å². The fraction of sp³-hybridized carbons (Fsp3) is 0.0143. The van der Waals surface area contributed by atoms with Gasteiger partial charge in [0.2, 0.25) is 5.89 Å². The lowest BCUT2D eigenvalue weighted by atomic mass is 9.68. The summed E-state index contributed by atoms with van der Waals surface area (Å²) in [6.45, 7) is 0. The van der Waals surface area contributed by atoms with E-state index in [2.05, 4.69) is 259 Å². The summed E-state index contributed by atoms with van der Waals surface area (Å²) in [6, 6.07) is 97.8. The maximum Gasteiger partial charge on any atom is 0.227 e. The van der Waals surface area contributed by atoms with Crippen molar-refractivity contribution >= 4 is 88.7 Å². The third kappa shape index (κ3) is 6.61. The van der Waals surface area contributed by atoms with Crippen molar-refractivity contribution in [2.24, 2.45) is 0 Å². The lowest BCUT2D eigenvalue weighted by Gasteiger charge is -2.34. The van der Waals surface area contributed by atoms with Gasteiger partial charge in [-0.3, -0.25) is 0 Å². The van der Waals surface area contributed by atoms with Crippen LogP contribution in [0.2, 0.25) is 0 Å². The largest absolute Gasteiger partial charge is 0.454 e. The molecule has 2 heterocycles. The Morgan fingerprint density at radius 1 is 0.347 bits per heavy atom. The number of furan rings is 1. The van der Waals surface area contributed by atoms with Gasteiger partial charge in [0.1, 0.15) is 11.1 Å². The van der Waals surface area contributed by atoms with Gasteiger partial charge in [-0.2, -0.15) is 0 Å². The first-order valence-corrected chi connectivity index (χ1v) is 25.5. The van der Waals surface area contributed by atoms with Crippen LogP contribution in [-0.2, 0) is 5.41 Å². The van der Waals surface area contributed by atoms with Crippen LogP contribution >= 0.6 is 0 Å². The van der Waals surface area contributed by atoms with Crippen LogP contribution in [0.25, 0.3) is 77.2 Å². The third-order valence-electron chi connectivity index (χ3n) is 15.3. The zero-order chi connectivity index (χ0) is 49.5. The Bertz CT molecular complexity index is 4350. The molecule has 0 saturated heterocycles. The number of para-hydroxylation sites is 4. The molecule has 75 heavy (non-hydrogen) atoms. The van der Waals surface area contributed by atoms with E-state index in [1.807, 2.05) is 24.3 Å². The molecule has 2 aromatic heterocycles. The van der Waals surface area contributed by atoms with Crippen molar-refractivity contribution in [3.05, 3.63) is 295 Å². The zero-order valence-electron chi connectivity index (χ0n) is 40.6. The van der Waals surface area contributed by atoms with Gasteiger partial charge in [0, 0.05) is 44.5 Å². The van der Waals surface area contributed by atoms with E-state index in [0.29, 0.717) is 5.89 Å². The molecule has 0 amide bonds. The van der Waals surface area contributed by atoms with Gasteiger partial charge in [-0.05, 0) is 129 Å². The zero-order valence-corrected chi connectivity index (χ0v) is 40.6. The van der Waals surface area contributed by atoms with Crippen LogP contribution in [0.5, 0.6) is 0 Å². The van der Waals surface area contributed by atoms with Crippen molar-refractivity contribution in [1.82, 2.24) is 4.98 Å². The third-order valence-corrected chi connectivity index (χ3v) is 15.3. The summed E-state index contributed by atoms with van der Waals surface area (Å²) in [5, 5.41) is 6.40. The number of oxazole rings is 1. The smallest absolute Gasteiger partial charge is 0.227 e. The maximum atomic E-state index is 7.42. The van der Waals surface area contributed by atoms with Crippen LogP contribution in [0, 0.1) is 0 Å². The van der Waals surface area contributed by atoms with E-state index in [4.69, 9.17) is 13.8 Å². The molecule has 0 unspecified atom stereocenters. The first-order valence-electron chi connectivity index (χ1n) is 25.5. The summed E-state index contributed by atoms with van der Waals surface area (Å²) in [6.07, 6.45) is 0. The van der Waals surface area contributed by atoms with Crippen LogP contribution in [0.4, 0.5) is 34.1 Å². The minimum atomic E-state index is -0.548. The molecule has 0 N–H and O–H groups in total. The van der Waals surface area contributed by atoms with Crippen molar-refractivity contribution in [1.29, 1.82) is 0 Å². The summed E-state index contributed by atoms with van der Waals surface area (Å²) in [5.41, 5.74) is 17.1. The van der Waals surface area contributed by atoms with Crippen molar-refractivity contribution < 1.29 is 8.83 Å². The Labute approximate surface area is 433 Å². The number of hydrogen-bond donors (Lipinski definition) is 0. The highest BCUT2D eigenvalue weighted by molar-refractivity contribution is 6.27. The minimum Gasteiger partial charge on any atom is -0.454 e. The monoisotopic (exact) mass is 959 g/mol. The van der Waals surface area contributed by atoms with Crippen LogP contribution in [-0.4, -0.2) is 4.98 Å². The molecule has 5 heteroatoms. The van der Waals surface area contributed by atoms with Gasteiger partial charge in [-0.15, -0.1) is 0 Å². The molecule has 352 valence electrons. The molecular formula is C70H45N3O2. The van der Waals surface area contributed by atoms with Gasteiger partial charge in [0.05, 0.1) is 22.2 Å². The van der Waals surface area contributed by atoms with E-state index >= 15 is 0 Å². The number of anilines is 6. The lowest BCUT2D eigenvalue weighted by molar-refractivity contribution is 0.620. The molecule has 0 bridgehead atoms. The van der Waals surface area contributed by atoms with Crippen LogP contribution in [0.3, 0.4) is 0 Å². The van der Waals surface area contributed by atoms with E-state index in [0.717, 1.165) is 94.3 Å². The molecule has 0 radical (unpaired) electrons. The fourth-order valence-corrected chi connectivity index (χ4v) is 12.1. The van der Waals surface area contributed by atoms with E-state index < -0.39 is 5.41 Å². The molecule has 1 aliphatic carbocycles. The SMILES string of the molecule is c1ccc(N(c2ccccc2)c2c3ccccc3cc3c2oc2cc4ccccc4c(N(c4ccc(-c5nc6ccccc6o5)cc4)c4ccc(C5(c6ccccc6)c6ccccc6-c6ccccc65)cc4)c23)cc1. The van der Waals surface area contributed by atoms with Crippen molar-refractivity contribution in [2.75, 3.05) is 9.80 Å². The highest BCUT2D eigenvalue weighted by atomic mass is 16.3. The van der Waals surface area contributed by atoms with E-state index in [9.17, 15) is 0 Å². The minimum absolute atomic E-state index is 0.548. The molecule has 0 spiro atoms. The first kappa shape index (κ1) is 42.7. The average Bonchev–Trinajstić information content (AvgIpc) is 4.19. The highest BCUT2D eigenvalue weighted by Gasteiger charge is 2.46. The molecule has 0 atom stereocenters. The highest BCUT2D eigenvalue weighted by Crippen LogP contribution is 2.57. The molecular weight excluding hydrogens is 915 g/mol. The van der Waals surface area contributed by atoms with E-state index in [1.165, 1.54) is 33.4 Å². The van der Waals surface area contributed by atoms with Gasteiger partial charge in [0.15, 0.2) is 11.2 Å². The van der Waals surface area contributed by atoms with E-state index in [1.54, 1.807) is 0 Å². The second kappa shape index (κ2) is 17.1. The number of rotatable bonds is 9. The van der Waals surface area contributed by atoms with Crippen molar-refractivity contribution in [3.63, 3.8) is 0 Å². The van der Waals surface area contributed by atoms with Crippen molar-refractivity contribution in [2.45, 2.75) is 5.41 Å². The average molecular weight is 960 g/mol. The fourth-order valence-electron chi connectivity index (χ4n) is 12.1. The number of aromatic nitrogens is 1. The molecule has 15 rings (SSSR count). The van der Waals surface area contributed by atoms with Crippen LogP contribution in [0.1, 0.15) is 22.3 Å². The number of hydrogen-bond acceptors (Lipinski definition) is 5. The van der Waals surface area contributed by atoms with Crippen molar-refractivity contribution in [3.8, 4) is 22.6 Å². The van der Waals surface area contributed by atoms with E-state index in [-0.39, 0.29) is 0 Å². The van der Waals surface area contributed by atoms with Gasteiger partial charge in [-0.1, -0.05) is 188 Å². The number of benzene rings is 12. The van der Waals surface area contributed by atoms with Gasteiger partial charge < -0.3 is 18.6 Å². The predicted octanol–water partition coefficient (Wildman–Crippen LogP) is 19.0. The summed E-state index contributed by atoms with van der Waals surface area (Å²) in [7, 11) is 0. The Hall–Kier alpha value is -9.97. The first-order chi connectivity index (χ1) is 37.2. The Morgan fingerprint density at radius 2 is 0.827 bits per heavy atom. The lowest BCUT2D eigenvalue weighted by Crippen LogP contribution is -2.28. The number of nitrogens with zero attached hydrogens (tertiary/aromatic N) is 3. The Balaban J connectivity index is 1.01. The van der Waals surface area contributed by atoms with Crippen LogP contribution < -0.4 is 9.80 Å². The molecule has 5 nitrogen and oxygen atoms in total. The Morgan fingerprint density at radius 3 is 1.47 bits per heavy atom. The normalized spacial score (nSPS) is 12.6. The summed E-state index contributed by atoms with van der Waals surface area (Å²) >= 11 is 0. The quantitative estimate of drug-likeness (QED) is 0.144. The second-order valence-electron chi connectivity index (χ2n) is 19.4. The maximum absolute atomic E-state index is 7.42. The molecule has 1 aliphatic rings. The molecule has 0 saturated carbocycles. The summed E-state index contributed by atoms with van der Waals surface area (Å²) in [4.78, 5) is 9.65. The Kier molecular flexibility index (Phi) is 9.72. The molecule has 0 fully saturated rings. The molecule has 14 aromatic rings. The molecule has 0 aliphatic heterocycles. The predicted molar refractivity (Wildman–Crippen MR) is 308 cm³/mol. The standard InChI is InChI=1S/C70H45N3O2/c1-4-22-49(23-5-1)70(60-32-16-14-30-57(60)58-31-15-17-33-61(58)70)50-38-42-54(43-39-50)72(53-40-36-46(37-41-53)69-71-62-34-18-19-35-63(62)75-69)66-55-28-12-11-21-48(55)45-64-65(66)59-44-47-20-10-13-29-56(47)67(68(59)74-64)73(51-24-6-2-7-25-51)52-26-8-3-9-27-52/h1-45H. The van der Waals surface area contributed by atoms with Crippen LogP contribution in [0.15, 0.2) is 282 Å². The topological polar surface area (TPSA) is 45.7 Å². The summed E-state index contributed by atoms with van der Waals surface area (Å²) < 4.78 is 13.7. The van der Waals surface area contributed by atoms with Gasteiger partial charge in [0.25, 0.3) is 0 Å². The second-order valence-corrected chi connectivity index (χ2v) is 19.4. The number of fused-ring (bicyclic) bond motifs is 9. The molecule has 12 aromatic carbocycles.